The van der Waals surface area contributed by atoms with Gasteiger partial charge in [-0.25, -0.2) is 0 Å². The second-order valence-electron chi connectivity index (χ2n) is 5.78. The third kappa shape index (κ3) is 5.91. The lowest BCUT2D eigenvalue weighted by Gasteiger charge is -2.14. The van der Waals surface area contributed by atoms with Crippen LogP contribution < -0.4 is 16.0 Å². The van der Waals surface area contributed by atoms with Crippen molar-refractivity contribution in [3.8, 4) is 0 Å². The van der Waals surface area contributed by atoms with Crippen molar-refractivity contribution in [2.45, 2.75) is 20.4 Å². The minimum atomic E-state index is -0.131. The number of aliphatic imine (C=N–C) groups is 1. The van der Waals surface area contributed by atoms with Crippen molar-refractivity contribution in [2.75, 3.05) is 20.1 Å². The zero-order chi connectivity index (χ0) is 18.1. The Morgan fingerprint density at radius 3 is 2.60 bits per heavy atom. The molecule has 25 heavy (non-hydrogen) atoms. The summed E-state index contributed by atoms with van der Waals surface area (Å²) in [4.78, 5) is 20.0. The van der Waals surface area contributed by atoms with Gasteiger partial charge in [-0.05, 0) is 37.1 Å². The summed E-state index contributed by atoms with van der Waals surface area (Å²) in [6.45, 7) is 5.98. The minimum Gasteiger partial charge on any atom is -0.355 e. The van der Waals surface area contributed by atoms with Crippen LogP contribution >= 0.6 is 0 Å². The molecule has 1 heterocycles. The average molecular weight is 339 g/mol. The molecule has 0 aliphatic carbocycles. The number of aromatic nitrogens is 1. The predicted octanol–water partition coefficient (Wildman–Crippen LogP) is 1.79. The van der Waals surface area contributed by atoms with E-state index in [1.807, 2.05) is 0 Å². The van der Waals surface area contributed by atoms with Gasteiger partial charge < -0.3 is 16.0 Å². The number of guanidine groups is 1. The van der Waals surface area contributed by atoms with Crippen LogP contribution in [0.1, 0.15) is 27.0 Å². The van der Waals surface area contributed by atoms with Crippen LogP contribution in [0, 0.1) is 13.8 Å². The summed E-state index contributed by atoms with van der Waals surface area (Å²) < 4.78 is 0. The molecule has 0 bridgehead atoms. The fourth-order valence-corrected chi connectivity index (χ4v) is 2.40. The molecule has 1 aromatic carbocycles. The molecule has 2 aromatic rings. The average Bonchev–Trinajstić information content (AvgIpc) is 2.63. The lowest BCUT2D eigenvalue weighted by atomic mass is 10.1. The largest absolute Gasteiger partial charge is 0.355 e. The van der Waals surface area contributed by atoms with Crippen LogP contribution in [0.2, 0.25) is 0 Å². The van der Waals surface area contributed by atoms with Gasteiger partial charge in [0.05, 0.1) is 5.56 Å². The van der Waals surface area contributed by atoms with E-state index in [4.69, 9.17) is 0 Å². The van der Waals surface area contributed by atoms with E-state index in [-0.39, 0.29) is 5.91 Å². The molecule has 6 heteroatoms. The quantitative estimate of drug-likeness (QED) is 0.426. The van der Waals surface area contributed by atoms with E-state index in [2.05, 4.69) is 58.0 Å². The van der Waals surface area contributed by atoms with Crippen molar-refractivity contribution in [2.24, 2.45) is 4.99 Å². The van der Waals surface area contributed by atoms with E-state index in [9.17, 15) is 4.79 Å². The number of pyridine rings is 1. The van der Waals surface area contributed by atoms with Crippen molar-refractivity contribution < 1.29 is 4.79 Å². The number of rotatable bonds is 6. The van der Waals surface area contributed by atoms with Gasteiger partial charge >= 0.3 is 0 Å². The smallest absolute Gasteiger partial charge is 0.252 e. The van der Waals surface area contributed by atoms with Gasteiger partial charge in [-0.1, -0.05) is 23.8 Å². The van der Waals surface area contributed by atoms with Gasteiger partial charge in [0.2, 0.25) is 0 Å². The van der Waals surface area contributed by atoms with Crippen LogP contribution in [0.15, 0.2) is 47.7 Å². The van der Waals surface area contributed by atoms with Gasteiger partial charge in [0, 0.05) is 39.1 Å². The molecule has 1 amide bonds. The summed E-state index contributed by atoms with van der Waals surface area (Å²) >= 11 is 0. The topological polar surface area (TPSA) is 78.4 Å². The zero-order valence-corrected chi connectivity index (χ0v) is 15.0. The van der Waals surface area contributed by atoms with Crippen molar-refractivity contribution in [3.63, 3.8) is 0 Å². The monoisotopic (exact) mass is 339 g/mol. The van der Waals surface area contributed by atoms with Crippen molar-refractivity contribution in [3.05, 3.63) is 65.0 Å². The maximum absolute atomic E-state index is 11.9. The second kappa shape index (κ2) is 9.42. The van der Waals surface area contributed by atoms with E-state index in [1.54, 1.807) is 31.6 Å². The molecule has 0 aliphatic rings. The Hall–Kier alpha value is -2.89. The molecule has 2 rings (SSSR count). The molecule has 0 aliphatic heterocycles. The maximum Gasteiger partial charge on any atom is 0.252 e. The summed E-state index contributed by atoms with van der Waals surface area (Å²) in [5.41, 5.74) is 4.30. The van der Waals surface area contributed by atoms with Crippen molar-refractivity contribution >= 4 is 11.9 Å². The summed E-state index contributed by atoms with van der Waals surface area (Å²) in [6.07, 6.45) is 3.19. The molecule has 0 saturated carbocycles. The molecule has 3 N–H and O–H groups in total. The first-order valence-electron chi connectivity index (χ1n) is 8.29. The van der Waals surface area contributed by atoms with Gasteiger partial charge in [0.1, 0.15) is 0 Å². The van der Waals surface area contributed by atoms with Crippen LogP contribution in [-0.2, 0) is 6.54 Å². The number of hydrogen-bond acceptors (Lipinski definition) is 3. The normalized spacial score (nSPS) is 11.1. The number of hydrogen-bond donors (Lipinski definition) is 3. The fourth-order valence-electron chi connectivity index (χ4n) is 2.40. The van der Waals surface area contributed by atoms with Gasteiger partial charge in [-0.3, -0.25) is 14.8 Å². The summed E-state index contributed by atoms with van der Waals surface area (Å²) in [5.74, 6) is 0.573. The predicted molar refractivity (Wildman–Crippen MR) is 101 cm³/mol. The van der Waals surface area contributed by atoms with E-state index >= 15 is 0 Å². The zero-order valence-electron chi connectivity index (χ0n) is 15.0. The van der Waals surface area contributed by atoms with Gasteiger partial charge in [-0.15, -0.1) is 0 Å². The molecular weight excluding hydrogens is 314 g/mol. The summed E-state index contributed by atoms with van der Waals surface area (Å²) in [5, 5.41) is 9.31. The highest BCUT2D eigenvalue weighted by molar-refractivity contribution is 5.93. The van der Waals surface area contributed by atoms with Crippen molar-refractivity contribution in [1.29, 1.82) is 0 Å². The first-order valence-corrected chi connectivity index (χ1v) is 8.29. The Morgan fingerprint density at radius 1 is 1.12 bits per heavy atom. The van der Waals surface area contributed by atoms with Crippen LogP contribution in [0.5, 0.6) is 0 Å². The third-order valence-electron chi connectivity index (χ3n) is 3.79. The Morgan fingerprint density at radius 2 is 1.92 bits per heavy atom. The molecule has 0 atom stereocenters. The summed E-state index contributed by atoms with van der Waals surface area (Å²) in [7, 11) is 1.73. The van der Waals surface area contributed by atoms with Crippen molar-refractivity contribution in [1.82, 2.24) is 20.9 Å². The number of benzene rings is 1. The molecule has 1 aromatic heterocycles. The number of aryl methyl sites for hydroxylation is 2. The molecule has 0 fully saturated rings. The molecule has 0 saturated heterocycles. The molecule has 0 radical (unpaired) electrons. The maximum atomic E-state index is 11.9. The van der Waals surface area contributed by atoms with E-state index in [1.165, 1.54) is 16.7 Å². The summed E-state index contributed by atoms with van der Waals surface area (Å²) in [6, 6.07) is 9.88. The lowest BCUT2D eigenvalue weighted by Crippen LogP contribution is -2.41. The standard InChI is InChI=1S/C19H25N5O/c1-14-6-7-16(15(2)11-14)13-24-19(20-3)23-10-9-22-18(25)17-5-4-8-21-12-17/h4-8,11-12H,9-10,13H2,1-3H3,(H,22,25)(H2,20,23,24). The fraction of sp³-hybridized carbons (Fsp3) is 0.316. The number of nitrogens with zero attached hydrogens (tertiary/aromatic N) is 2. The highest BCUT2D eigenvalue weighted by Crippen LogP contribution is 2.09. The van der Waals surface area contributed by atoms with E-state index < -0.39 is 0 Å². The van der Waals surface area contributed by atoms with Gasteiger partial charge in [0.15, 0.2) is 5.96 Å². The molecule has 132 valence electrons. The van der Waals surface area contributed by atoms with E-state index in [0.29, 0.717) is 31.2 Å². The number of nitrogens with one attached hydrogen (secondary N) is 3. The SMILES string of the molecule is CN=C(NCCNC(=O)c1cccnc1)NCc1ccc(C)cc1C. The second-order valence-corrected chi connectivity index (χ2v) is 5.78. The molecular formula is C19H25N5O. The number of carbonyl (C=O) groups is 1. The minimum absolute atomic E-state index is 0.131. The van der Waals surface area contributed by atoms with Gasteiger partial charge in [-0.2, -0.15) is 0 Å². The Balaban J connectivity index is 1.72. The van der Waals surface area contributed by atoms with Crippen LogP contribution in [0.4, 0.5) is 0 Å². The van der Waals surface area contributed by atoms with Crippen LogP contribution in [-0.4, -0.2) is 37.0 Å². The lowest BCUT2D eigenvalue weighted by molar-refractivity contribution is 0.0954. The highest BCUT2D eigenvalue weighted by Gasteiger charge is 2.04. The Kier molecular flexibility index (Phi) is 6.95. The molecule has 6 nitrogen and oxygen atoms in total. The van der Waals surface area contributed by atoms with Gasteiger partial charge in [0.25, 0.3) is 5.91 Å². The third-order valence-corrected chi connectivity index (χ3v) is 3.79. The molecule has 0 unspecified atom stereocenters. The Bertz CT molecular complexity index is 728. The first-order chi connectivity index (χ1) is 12.1. The Labute approximate surface area is 148 Å². The number of amides is 1. The molecule has 0 spiro atoms. The van der Waals surface area contributed by atoms with Crippen LogP contribution in [0.25, 0.3) is 0 Å². The number of carbonyl (C=O) groups excluding carboxylic acids is 1. The first kappa shape index (κ1) is 18.4. The van der Waals surface area contributed by atoms with Crippen LogP contribution in [0.3, 0.4) is 0 Å². The highest BCUT2D eigenvalue weighted by atomic mass is 16.1. The van der Waals surface area contributed by atoms with E-state index in [0.717, 1.165) is 0 Å².